The Bertz CT molecular complexity index is 465. The second-order valence-corrected chi connectivity index (χ2v) is 4.68. The van der Waals surface area contributed by atoms with Crippen LogP contribution in [0.25, 0.3) is 0 Å². The molecule has 1 aromatic heterocycles. The standard InChI is InChI=1S/C12H15N3S/c1-8-3-4-9(2)10(5-8)6-11(13)12-7-16-15-14-12/h3-5,7,11H,6,13H2,1-2H3. The number of hydrogen-bond acceptors (Lipinski definition) is 4. The number of nitrogens with zero attached hydrogens (tertiary/aromatic N) is 2. The van der Waals surface area contributed by atoms with Gasteiger partial charge in [0.1, 0.15) is 0 Å². The van der Waals surface area contributed by atoms with Gasteiger partial charge in [0.15, 0.2) is 0 Å². The molecule has 0 amide bonds. The highest BCUT2D eigenvalue weighted by Crippen LogP contribution is 2.18. The van der Waals surface area contributed by atoms with Crippen LogP contribution in [0.2, 0.25) is 0 Å². The van der Waals surface area contributed by atoms with Crippen molar-refractivity contribution in [2.24, 2.45) is 5.73 Å². The molecule has 1 aromatic carbocycles. The molecule has 0 aliphatic heterocycles. The summed E-state index contributed by atoms with van der Waals surface area (Å²) in [6.45, 7) is 4.21. The van der Waals surface area contributed by atoms with E-state index in [-0.39, 0.29) is 6.04 Å². The van der Waals surface area contributed by atoms with E-state index in [0.717, 1.165) is 12.1 Å². The van der Waals surface area contributed by atoms with Gasteiger partial charge in [-0.25, -0.2) is 0 Å². The minimum atomic E-state index is -0.0563. The van der Waals surface area contributed by atoms with Crippen LogP contribution >= 0.6 is 11.5 Å². The topological polar surface area (TPSA) is 51.8 Å². The van der Waals surface area contributed by atoms with Crippen molar-refractivity contribution in [3.05, 3.63) is 46.0 Å². The van der Waals surface area contributed by atoms with E-state index in [4.69, 9.17) is 5.73 Å². The third-order valence-electron chi connectivity index (χ3n) is 2.70. The van der Waals surface area contributed by atoms with Crippen molar-refractivity contribution in [3.63, 3.8) is 0 Å². The fourth-order valence-corrected chi connectivity index (χ4v) is 2.21. The van der Waals surface area contributed by atoms with E-state index in [1.54, 1.807) is 0 Å². The summed E-state index contributed by atoms with van der Waals surface area (Å²) >= 11 is 1.34. The average molecular weight is 233 g/mol. The summed E-state index contributed by atoms with van der Waals surface area (Å²) in [6, 6.07) is 6.39. The Morgan fingerprint density at radius 2 is 2.19 bits per heavy atom. The maximum absolute atomic E-state index is 6.09. The second-order valence-electron chi connectivity index (χ2n) is 4.07. The van der Waals surface area contributed by atoms with Crippen molar-refractivity contribution in [2.45, 2.75) is 26.3 Å². The van der Waals surface area contributed by atoms with Gasteiger partial charge in [-0.3, -0.25) is 0 Å². The molecule has 1 unspecified atom stereocenters. The van der Waals surface area contributed by atoms with Crippen molar-refractivity contribution in [1.82, 2.24) is 9.59 Å². The zero-order valence-electron chi connectivity index (χ0n) is 9.47. The van der Waals surface area contributed by atoms with E-state index >= 15 is 0 Å². The summed E-state index contributed by atoms with van der Waals surface area (Å²) in [5.41, 5.74) is 10.8. The molecule has 84 valence electrons. The van der Waals surface area contributed by atoms with Crippen molar-refractivity contribution < 1.29 is 0 Å². The highest BCUT2D eigenvalue weighted by atomic mass is 32.1. The van der Waals surface area contributed by atoms with Crippen LogP contribution in [0.4, 0.5) is 0 Å². The molecule has 0 spiro atoms. The molecule has 0 saturated carbocycles. The number of aryl methyl sites for hydroxylation is 2. The maximum Gasteiger partial charge on any atom is 0.0925 e. The second kappa shape index (κ2) is 4.72. The van der Waals surface area contributed by atoms with Crippen LogP contribution in [0.5, 0.6) is 0 Å². The lowest BCUT2D eigenvalue weighted by molar-refractivity contribution is 0.689. The van der Waals surface area contributed by atoms with Gasteiger partial charge in [0, 0.05) is 5.38 Å². The molecule has 0 aliphatic carbocycles. The Hall–Kier alpha value is -1.26. The summed E-state index contributed by atoms with van der Waals surface area (Å²) in [4.78, 5) is 0. The third-order valence-corrected chi connectivity index (χ3v) is 3.22. The normalized spacial score (nSPS) is 12.7. The van der Waals surface area contributed by atoms with Crippen molar-refractivity contribution in [2.75, 3.05) is 0 Å². The first kappa shape index (κ1) is 11.2. The van der Waals surface area contributed by atoms with E-state index in [9.17, 15) is 0 Å². The monoisotopic (exact) mass is 233 g/mol. The van der Waals surface area contributed by atoms with Gasteiger partial charge in [0.2, 0.25) is 0 Å². The van der Waals surface area contributed by atoms with E-state index in [2.05, 4.69) is 41.6 Å². The predicted molar refractivity (Wildman–Crippen MR) is 66.5 cm³/mol. The van der Waals surface area contributed by atoms with Gasteiger partial charge in [-0.2, -0.15) is 0 Å². The fourth-order valence-electron chi connectivity index (χ4n) is 1.70. The fraction of sp³-hybridized carbons (Fsp3) is 0.333. The van der Waals surface area contributed by atoms with E-state index in [0.29, 0.717) is 0 Å². The number of nitrogens with two attached hydrogens (primary N) is 1. The Kier molecular flexibility index (Phi) is 3.31. The summed E-state index contributed by atoms with van der Waals surface area (Å²) < 4.78 is 3.84. The highest BCUT2D eigenvalue weighted by Gasteiger charge is 2.11. The first-order chi connectivity index (χ1) is 7.66. The lowest BCUT2D eigenvalue weighted by atomic mass is 9.98. The molecule has 16 heavy (non-hydrogen) atoms. The molecule has 1 heterocycles. The number of hydrogen-bond donors (Lipinski definition) is 1. The highest BCUT2D eigenvalue weighted by molar-refractivity contribution is 7.03. The van der Waals surface area contributed by atoms with Gasteiger partial charge in [0.05, 0.1) is 11.7 Å². The van der Waals surface area contributed by atoms with Crippen molar-refractivity contribution in [1.29, 1.82) is 0 Å². The molecule has 1 atom stereocenters. The summed E-state index contributed by atoms with van der Waals surface area (Å²) in [6.07, 6.45) is 0.818. The zero-order valence-corrected chi connectivity index (χ0v) is 10.3. The molecular formula is C12H15N3S. The van der Waals surface area contributed by atoms with Gasteiger partial charge in [-0.15, -0.1) is 5.10 Å². The van der Waals surface area contributed by atoms with Crippen molar-refractivity contribution >= 4 is 11.5 Å². The smallest absolute Gasteiger partial charge is 0.0925 e. The lowest BCUT2D eigenvalue weighted by Crippen LogP contribution is -2.14. The molecule has 0 saturated heterocycles. The molecule has 2 N–H and O–H groups in total. The van der Waals surface area contributed by atoms with Gasteiger partial charge in [-0.05, 0) is 42.9 Å². The van der Waals surface area contributed by atoms with E-state index in [1.165, 1.54) is 28.2 Å². The predicted octanol–water partition coefficient (Wildman–Crippen LogP) is 2.40. The van der Waals surface area contributed by atoms with Crippen LogP contribution in [-0.4, -0.2) is 9.59 Å². The molecular weight excluding hydrogens is 218 g/mol. The van der Waals surface area contributed by atoms with Crippen LogP contribution in [0.1, 0.15) is 28.4 Å². The molecule has 2 aromatic rings. The quantitative estimate of drug-likeness (QED) is 0.885. The summed E-state index contributed by atoms with van der Waals surface area (Å²) in [5, 5.41) is 5.92. The zero-order chi connectivity index (χ0) is 11.5. The maximum atomic E-state index is 6.09. The minimum Gasteiger partial charge on any atom is -0.322 e. The largest absolute Gasteiger partial charge is 0.322 e. The Balaban J connectivity index is 2.17. The Morgan fingerprint density at radius 3 is 2.88 bits per heavy atom. The van der Waals surface area contributed by atoms with Crippen LogP contribution < -0.4 is 5.73 Å². The number of rotatable bonds is 3. The first-order valence-corrected chi connectivity index (χ1v) is 6.09. The Labute approximate surface area is 99.5 Å². The third kappa shape index (κ3) is 2.46. The summed E-state index contributed by atoms with van der Waals surface area (Å²) in [5.74, 6) is 0. The van der Waals surface area contributed by atoms with Gasteiger partial charge < -0.3 is 5.73 Å². The molecule has 2 rings (SSSR count). The van der Waals surface area contributed by atoms with E-state index in [1.807, 2.05) is 5.38 Å². The molecule has 3 nitrogen and oxygen atoms in total. The number of benzene rings is 1. The lowest BCUT2D eigenvalue weighted by Gasteiger charge is -2.11. The molecule has 4 heteroatoms. The minimum absolute atomic E-state index is 0.0563. The van der Waals surface area contributed by atoms with Crippen molar-refractivity contribution in [3.8, 4) is 0 Å². The molecule has 0 radical (unpaired) electrons. The van der Waals surface area contributed by atoms with Crippen LogP contribution in [0, 0.1) is 13.8 Å². The van der Waals surface area contributed by atoms with E-state index < -0.39 is 0 Å². The van der Waals surface area contributed by atoms with Crippen LogP contribution in [0.15, 0.2) is 23.6 Å². The van der Waals surface area contributed by atoms with Crippen LogP contribution in [0.3, 0.4) is 0 Å². The van der Waals surface area contributed by atoms with Crippen LogP contribution in [-0.2, 0) is 6.42 Å². The molecule has 0 fully saturated rings. The van der Waals surface area contributed by atoms with Gasteiger partial charge >= 0.3 is 0 Å². The van der Waals surface area contributed by atoms with Gasteiger partial charge in [0.25, 0.3) is 0 Å². The van der Waals surface area contributed by atoms with Gasteiger partial charge in [-0.1, -0.05) is 28.3 Å². The Morgan fingerprint density at radius 1 is 1.38 bits per heavy atom. The molecule has 0 bridgehead atoms. The SMILES string of the molecule is Cc1ccc(C)c(CC(N)c2csnn2)c1. The first-order valence-electron chi connectivity index (χ1n) is 5.25. The number of aromatic nitrogens is 2. The average Bonchev–Trinajstić information content (AvgIpc) is 2.76. The summed E-state index contributed by atoms with van der Waals surface area (Å²) in [7, 11) is 0. The molecule has 0 aliphatic rings.